The number of urea groups is 1. The Morgan fingerprint density at radius 3 is 2.75 bits per heavy atom. The zero-order valence-corrected chi connectivity index (χ0v) is 9.60. The topological polar surface area (TPSA) is 78.9 Å². The van der Waals surface area contributed by atoms with Crippen molar-refractivity contribution in [2.45, 2.75) is 19.4 Å². The Bertz CT molecular complexity index is 270. The van der Waals surface area contributed by atoms with Gasteiger partial charge in [0.15, 0.2) is 6.04 Å². The third kappa shape index (κ3) is 3.37. The highest BCUT2D eigenvalue weighted by molar-refractivity contribution is 5.82. The number of ether oxygens (including phenoxy) is 1. The summed E-state index contributed by atoms with van der Waals surface area (Å²) in [6.45, 7) is 3.42. The van der Waals surface area contributed by atoms with Crippen LogP contribution in [0.5, 0.6) is 0 Å². The van der Waals surface area contributed by atoms with E-state index < -0.39 is 12.0 Å². The highest BCUT2D eigenvalue weighted by Crippen LogP contribution is 2.14. The Kier molecular flexibility index (Phi) is 4.54. The highest BCUT2D eigenvalue weighted by atomic mass is 16.5. The zero-order valence-electron chi connectivity index (χ0n) is 9.60. The second kappa shape index (κ2) is 5.69. The van der Waals surface area contributed by atoms with Gasteiger partial charge in [0.25, 0.3) is 0 Å². The molecule has 0 bridgehead atoms. The van der Waals surface area contributed by atoms with Gasteiger partial charge in [0.05, 0.1) is 6.61 Å². The molecule has 1 aliphatic heterocycles. The molecule has 2 atom stereocenters. The lowest BCUT2D eigenvalue weighted by molar-refractivity contribution is -0.140. The molecular weight excluding hydrogens is 212 g/mol. The summed E-state index contributed by atoms with van der Waals surface area (Å²) in [6.07, 6.45) is 0.968. The molecule has 0 saturated carbocycles. The second-order valence-corrected chi connectivity index (χ2v) is 4.14. The summed E-state index contributed by atoms with van der Waals surface area (Å²) < 4.78 is 4.74. The fraction of sp³-hybridized carbons (Fsp3) is 0.800. The number of hydrogen-bond acceptors (Lipinski definition) is 3. The fourth-order valence-electron chi connectivity index (χ4n) is 1.70. The maximum atomic E-state index is 11.7. The minimum absolute atomic E-state index is 0.0233. The molecular formula is C10H18N2O4. The number of nitrogens with one attached hydrogen (secondary N) is 1. The molecule has 1 saturated heterocycles. The molecule has 2 amide bonds. The highest BCUT2D eigenvalue weighted by Gasteiger charge is 2.27. The number of likely N-dealkylation sites (tertiary alicyclic amines) is 1. The van der Waals surface area contributed by atoms with E-state index in [-0.39, 0.29) is 12.6 Å². The van der Waals surface area contributed by atoms with Crippen molar-refractivity contribution in [3.05, 3.63) is 0 Å². The van der Waals surface area contributed by atoms with Crippen molar-refractivity contribution in [2.24, 2.45) is 5.92 Å². The first-order valence-corrected chi connectivity index (χ1v) is 5.31. The van der Waals surface area contributed by atoms with Crippen LogP contribution < -0.4 is 5.32 Å². The van der Waals surface area contributed by atoms with E-state index >= 15 is 0 Å². The van der Waals surface area contributed by atoms with Crippen LogP contribution in [0.2, 0.25) is 0 Å². The van der Waals surface area contributed by atoms with Gasteiger partial charge in [-0.1, -0.05) is 6.92 Å². The summed E-state index contributed by atoms with van der Waals surface area (Å²) in [5.74, 6) is -0.598. The molecule has 16 heavy (non-hydrogen) atoms. The molecule has 0 radical (unpaired) electrons. The van der Waals surface area contributed by atoms with Crippen LogP contribution in [0.4, 0.5) is 4.79 Å². The summed E-state index contributed by atoms with van der Waals surface area (Å²) in [6, 6.07) is -1.30. The van der Waals surface area contributed by atoms with Crippen LogP contribution in [0.1, 0.15) is 13.3 Å². The van der Waals surface area contributed by atoms with Crippen LogP contribution in [0.3, 0.4) is 0 Å². The van der Waals surface area contributed by atoms with Gasteiger partial charge in [0.2, 0.25) is 0 Å². The number of amides is 2. The van der Waals surface area contributed by atoms with Crippen LogP contribution in [0, 0.1) is 5.92 Å². The SMILES string of the molecule is COCC(NC(=O)N1CCC(C)C1)C(=O)O. The number of aliphatic carboxylic acids is 1. The molecule has 2 unspecified atom stereocenters. The largest absolute Gasteiger partial charge is 0.480 e. The van der Waals surface area contributed by atoms with Gasteiger partial charge < -0.3 is 20.1 Å². The van der Waals surface area contributed by atoms with Gasteiger partial charge in [-0.3, -0.25) is 0 Å². The molecule has 0 aromatic carbocycles. The maximum absolute atomic E-state index is 11.7. The van der Waals surface area contributed by atoms with Crippen molar-refractivity contribution in [3.63, 3.8) is 0 Å². The van der Waals surface area contributed by atoms with Crippen LogP contribution in [-0.2, 0) is 9.53 Å². The Morgan fingerprint density at radius 1 is 1.62 bits per heavy atom. The first-order chi connectivity index (χ1) is 7.54. The average molecular weight is 230 g/mol. The predicted molar refractivity (Wildman–Crippen MR) is 57.2 cm³/mol. The number of rotatable bonds is 4. The van der Waals surface area contributed by atoms with E-state index in [4.69, 9.17) is 9.84 Å². The van der Waals surface area contributed by atoms with Crippen molar-refractivity contribution in [1.29, 1.82) is 0 Å². The van der Waals surface area contributed by atoms with Gasteiger partial charge in [-0.15, -0.1) is 0 Å². The van der Waals surface area contributed by atoms with E-state index in [0.29, 0.717) is 19.0 Å². The Morgan fingerprint density at radius 2 is 2.31 bits per heavy atom. The molecule has 0 aromatic rings. The van der Waals surface area contributed by atoms with Gasteiger partial charge in [-0.25, -0.2) is 9.59 Å². The molecule has 1 aliphatic rings. The Balaban J connectivity index is 2.45. The molecule has 1 rings (SSSR count). The standard InChI is InChI=1S/C10H18N2O4/c1-7-3-4-12(5-7)10(15)11-8(6-16-2)9(13)14/h7-8H,3-6H2,1-2H3,(H,11,15)(H,13,14). The van der Waals surface area contributed by atoms with Crippen LogP contribution in [0.15, 0.2) is 0 Å². The van der Waals surface area contributed by atoms with E-state index in [1.165, 1.54) is 7.11 Å². The van der Waals surface area contributed by atoms with Gasteiger partial charge in [-0.2, -0.15) is 0 Å². The van der Waals surface area contributed by atoms with Gasteiger partial charge in [-0.05, 0) is 12.3 Å². The predicted octanol–water partition coefficient (Wildman–Crippen LogP) is 0.137. The Hall–Kier alpha value is -1.30. The normalized spacial score (nSPS) is 21.9. The van der Waals surface area contributed by atoms with E-state index in [0.717, 1.165) is 6.42 Å². The number of carboxylic acid groups (broad SMARTS) is 1. The number of carbonyl (C=O) groups excluding carboxylic acids is 1. The fourth-order valence-corrected chi connectivity index (χ4v) is 1.70. The lowest BCUT2D eigenvalue weighted by Crippen LogP contribution is -2.49. The lowest BCUT2D eigenvalue weighted by Gasteiger charge is -2.20. The number of nitrogens with zero attached hydrogens (tertiary/aromatic N) is 1. The van der Waals surface area contributed by atoms with Crippen molar-refractivity contribution in [1.82, 2.24) is 10.2 Å². The van der Waals surface area contributed by atoms with Crippen LogP contribution >= 0.6 is 0 Å². The summed E-state index contributed by atoms with van der Waals surface area (Å²) >= 11 is 0. The van der Waals surface area contributed by atoms with Crippen molar-refractivity contribution in [2.75, 3.05) is 26.8 Å². The first kappa shape index (κ1) is 12.8. The molecule has 92 valence electrons. The number of carboxylic acids is 1. The molecule has 0 spiro atoms. The van der Waals surface area contributed by atoms with Crippen molar-refractivity contribution < 1.29 is 19.4 Å². The molecule has 2 N–H and O–H groups in total. The maximum Gasteiger partial charge on any atom is 0.328 e. The first-order valence-electron chi connectivity index (χ1n) is 5.31. The lowest BCUT2D eigenvalue weighted by atomic mass is 10.2. The smallest absolute Gasteiger partial charge is 0.328 e. The molecule has 1 heterocycles. The summed E-state index contributed by atoms with van der Waals surface area (Å²) in [4.78, 5) is 24.1. The number of carbonyl (C=O) groups is 2. The quantitative estimate of drug-likeness (QED) is 0.720. The monoisotopic (exact) mass is 230 g/mol. The molecule has 1 fully saturated rings. The van der Waals surface area contributed by atoms with Gasteiger partial charge in [0.1, 0.15) is 0 Å². The molecule has 0 aromatic heterocycles. The van der Waals surface area contributed by atoms with E-state index in [2.05, 4.69) is 12.2 Å². The Labute approximate surface area is 94.6 Å². The van der Waals surface area contributed by atoms with E-state index in [9.17, 15) is 9.59 Å². The molecule has 0 aliphatic carbocycles. The summed E-state index contributed by atoms with van der Waals surface area (Å²) in [7, 11) is 1.40. The van der Waals surface area contributed by atoms with Gasteiger partial charge >= 0.3 is 12.0 Å². The second-order valence-electron chi connectivity index (χ2n) is 4.14. The van der Waals surface area contributed by atoms with Crippen molar-refractivity contribution >= 4 is 12.0 Å². The number of methoxy groups -OCH3 is 1. The molecule has 6 heteroatoms. The average Bonchev–Trinajstić information content (AvgIpc) is 2.64. The molecule has 6 nitrogen and oxygen atoms in total. The third-order valence-electron chi connectivity index (χ3n) is 2.64. The van der Waals surface area contributed by atoms with Gasteiger partial charge in [0, 0.05) is 20.2 Å². The minimum atomic E-state index is -1.08. The summed E-state index contributed by atoms with van der Waals surface area (Å²) in [5, 5.41) is 11.3. The van der Waals surface area contributed by atoms with Crippen molar-refractivity contribution in [3.8, 4) is 0 Å². The van der Waals surface area contributed by atoms with Crippen LogP contribution in [-0.4, -0.2) is 54.9 Å². The van der Waals surface area contributed by atoms with Crippen LogP contribution in [0.25, 0.3) is 0 Å². The number of hydrogen-bond donors (Lipinski definition) is 2. The van der Waals surface area contributed by atoms with E-state index in [1.807, 2.05) is 0 Å². The zero-order chi connectivity index (χ0) is 12.1. The minimum Gasteiger partial charge on any atom is -0.480 e. The third-order valence-corrected chi connectivity index (χ3v) is 2.64. The van der Waals surface area contributed by atoms with E-state index in [1.54, 1.807) is 4.90 Å². The summed E-state index contributed by atoms with van der Waals surface area (Å²) in [5.41, 5.74) is 0.